The van der Waals surface area contributed by atoms with Gasteiger partial charge >= 0.3 is 6.09 Å². The summed E-state index contributed by atoms with van der Waals surface area (Å²) in [6.45, 7) is 8.21. The smallest absolute Gasteiger partial charge is 0.408 e. The second kappa shape index (κ2) is 9.27. The minimum Gasteiger partial charge on any atom is -0.444 e. The van der Waals surface area contributed by atoms with Gasteiger partial charge in [-0.3, -0.25) is 4.79 Å². The molecule has 6 heteroatoms. The SMILES string of the molecule is Cc1ccc(CNC(=O)C(CCCN)NC(=O)OC(C)(C)C)cc1. The highest BCUT2D eigenvalue weighted by molar-refractivity contribution is 5.85. The fourth-order valence-corrected chi connectivity index (χ4v) is 2.06. The lowest BCUT2D eigenvalue weighted by Crippen LogP contribution is -2.48. The molecule has 0 heterocycles. The summed E-state index contributed by atoms with van der Waals surface area (Å²) in [6.07, 6.45) is 0.503. The van der Waals surface area contributed by atoms with Crippen LogP contribution in [0.3, 0.4) is 0 Å². The molecule has 0 bridgehead atoms. The Morgan fingerprint density at radius 3 is 2.38 bits per heavy atom. The predicted octanol–water partition coefficient (Wildman–Crippen LogP) is 2.24. The van der Waals surface area contributed by atoms with E-state index in [9.17, 15) is 9.59 Å². The van der Waals surface area contributed by atoms with Crippen LogP contribution in [-0.2, 0) is 16.1 Å². The van der Waals surface area contributed by atoms with Crippen LogP contribution in [0.5, 0.6) is 0 Å². The fraction of sp³-hybridized carbons (Fsp3) is 0.556. The van der Waals surface area contributed by atoms with Crippen LogP contribution >= 0.6 is 0 Å². The molecule has 0 saturated carbocycles. The van der Waals surface area contributed by atoms with E-state index in [1.165, 1.54) is 0 Å². The van der Waals surface area contributed by atoms with E-state index >= 15 is 0 Å². The van der Waals surface area contributed by atoms with Crippen LogP contribution in [-0.4, -0.2) is 30.2 Å². The molecule has 0 aliphatic rings. The number of amides is 2. The van der Waals surface area contributed by atoms with Crippen molar-refractivity contribution < 1.29 is 14.3 Å². The standard InChI is InChI=1S/C18H29N3O3/c1-13-7-9-14(10-8-13)12-20-16(22)15(6-5-11-19)21-17(23)24-18(2,3)4/h7-10,15H,5-6,11-12,19H2,1-4H3,(H,20,22)(H,21,23). The van der Waals surface area contributed by atoms with E-state index in [0.29, 0.717) is 25.9 Å². The number of carbonyl (C=O) groups excluding carboxylic acids is 2. The zero-order valence-corrected chi connectivity index (χ0v) is 15.0. The first-order valence-electron chi connectivity index (χ1n) is 8.24. The van der Waals surface area contributed by atoms with Crippen molar-refractivity contribution >= 4 is 12.0 Å². The molecule has 4 N–H and O–H groups in total. The largest absolute Gasteiger partial charge is 0.444 e. The van der Waals surface area contributed by atoms with E-state index < -0.39 is 17.7 Å². The molecule has 0 radical (unpaired) electrons. The fourth-order valence-electron chi connectivity index (χ4n) is 2.06. The van der Waals surface area contributed by atoms with Gasteiger partial charge in [-0.2, -0.15) is 0 Å². The second-order valence-electron chi connectivity index (χ2n) is 6.83. The third kappa shape index (κ3) is 7.97. The highest BCUT2D eigenvalue weighted by atomic mass is 16.6. The normalized spacial score (nSPS) is 12.4. The lowest BCUT2D eigenvalue weighted by Gasteiger charge is -2.23. The molecule has 1 aromatic rings. The highest BCUT2D eigenvalue weighted by Gasteiger charge is 2.23. The molecule has 24 heavy (non-hydrogen) atoms. The van der Waals surface area contributed by atoms with Crippen molar-refractivity contribution in [1.29, 1.82) is 0 Å². The second-order valence-corrected chi connectivity index (χ2v) is 6.83. The van der Waals surface area contributed by atoms with Crippen molar-refractivity contribution in [2.75, 3.05) is 6.54 Å². The van der Waals surface area contributed by atoms with E-state index in [1.807, 2.05) is 31.2 Å². The third-order valence-electron chi connectivity index (χ3n) is 3.29. The Morgan fingerprint density at radius 1 is 1.21 bits per heavy atom. The van der Waals surface area contributed by atoms with Crippen LogP contribution in [0, 0.1) is 6.92 Å². The number of hydrogen-bond acceptors (Lipinski definition) is 4. The quantitative estimate of drug-likeness (QED) is 0.712. The zero-order valence-electron chi connectivity index (χ0n) is 15.0. The Kier molecular flexibility index (Phi) is 7.71. The number of nitrogens with two attached hydrogens (primary N) is 1. The number of alkyl carbamates (subject to hydrolysis) is 1. The summed E-state index contributed by atoms with van der Waals surface area (Å²) < 4.78 is 5.21. The van der Waals surface area contributed by atoms with Crippen LogP contribution < -0.4 is 16.4 Å². The molecule has 0 saturated heterocycles. The number of ether oxygens (including phenoxy) is 1. The minimum atomic E-state index is -0.658. The molecule has 2 amide bonds. The zero-order chi connectivity index (χ0) is 18.2. The van der Waals surface area contributed by atoms with Crippen LogP contribution in [0.15, 0.2) is 24.3 Å². The molecule has 134 valence electrons. The Bertz CT molecular complexity index is 535. The van der Waals surface area contributed by atoms with Gasteiger partial charge in [-0.1, -0.05) is 29.8 Å². The summed E-state index contributed by atoms with van der Waals surface area (Å²) in [5.41, 5.74) is 7.07. The monoisotopic (exact) mass is 335 g/mol. The lowest BCUT2D eigenvalue weighted by atomic mass is 10.1. The highest BCUT2D eigenvalue weighted by Crippen LogP contribution is 2.08. The van der Waals surface area contributed by atoms with Crippen LogP contribution in [0.1, 0.15) is 44.7 Å². The third-order valence-corrected chi connectivity index (χ3v) is 3.29. The predicted molar refractivity (Wildman–Crippen MR) is 94.5 cm³/mol. The van der Waals surface area contributed by atoms with E-state index in [0.717, 1.165) is 11.1 Å². The molecular formula is C18H29N3O3. The Hall–Kier alpha value is -2.08. The average molecular weight is 335 g/mol. The van der Waals surface area contributed by atoms with Gasteiger partial charge in [0.15, 0.2) is 0 Å². The first kappa shape index (κ1) is 20.0. The van der Waals surface area contributed by atoms with Gasteiger partial charge in [0.2, 0.25) is 5.91 Å². The Morgan fingerprint density at radius 2 is 1.83 bits per heavy atom. The molecular weight excluding hydrogens is 306 g/mol. The van der Waals surface area contributed by atoms with E-state index in [-0.39, 0.29) is 5.91 Å². The molecule has 0 spiro atoms. The van der Waals surface area contributed by atoms with Gasteiger partial charge in [0.1, 0.15) is 11.6 Å². The van der Waals surface area contributed by atoms with Gasteiger partial charge in [-0.15, -0.1) is 0 Å². The molecule has 1 unspecified atom stereocenters. The summed E-state index contributed by atoms with van der Waals surface area (Å²) in [7, 11) is 0. The number of rotatable bonds is 7. The van der Waals surface area contributed by atoms with Gasteiger partial charge in [-0.25, -0.2) is 4.79 Å². The summed E-state index contributed by atoms with van der Waals surface area (Å²) in [5.74, 6) is -0.241. The summed E-state index contributed by atoms with van der Waals surface area (Å²) in [4.78, 5) is 24.3. The van der Waals surface area contributed by atoms with Crippen molar-refractivity contribution in [3.63, 3.8) is 0 Å². The maximum absolute atomic E-state index is 12.4. The first-order chi connectivity index (χ1) is 11.2. The lowest BCUT2D eigenvalue weighted by molar-refractivity contribution is -0.123. The molecule has 1 aromatic carbocycles. The number of nitrogens with one attached hydrogen (secondary N) is 2. The van der Waals surface area contributed by atoms with Gasteiger partial charge < -0.3 is 21.1 Å². The molecule has 0 aromatic heterocycles. The summed E-state index contributed by atoms with van der Waals surface area (Å²) >= 11 is 0. The molecule has 6 nitrogen and oxygen atoms in total. The Labute approximate surface area is 144 Å². The number of benzene rings is 1. The van der Waals surface area contributed by atoms with Crippen molar-refractivity contribution in [3.8, 4) is 0 Å². The average Bonchev–Trinajstić information content (AvgIpc) is 2.48. The molecule has 0 aliphatic heterocycles. The van der Waals surface area contributed by atoms with Gasteiger partial charge in [0, 0.05) is 6.54 Å². The maximum Gasteiger partial charge on any atom is 0.408 e. The van der Waals surface area contributed by atoms with Gasteiger partial charge in [-0.05, 0) is 52.6 Å². The van der Waals surface area contributed by atoms with Crippen LogP contribution in [0.2, 0.25) is 0 Å². The van der Waals surface area contributed by atoms with Crippen molar-refractivity contribution in [3.05, 3.63) is 35.4 Å². The summed E-state index contributed by atoms with van der Waals surface area (Å²) in [5, 5.41) is 5.47. The van der Waals surface area contributed by atoms with Gasteiger partial charge in [0.25, 0.3) is 0 Å². The number of carbonyl (C=O) groups is 2. The Balaban J connectivity index is 2.60. The van der Waals surface area contributed by atoms with Crippen molar-refractivity contribution in [2.45, 2.75) is 58.7 Å². The topological polar surface area (TPSA) is 93.5 Å². The summed E-state index contributed by atoms with van der Waals surface area (Å²) in [6, 6.07) is 7.25. The van der Waals surface area contributed by atoms with E-state index in [2.05, 4.69) is 10.6 Å². The van der Waals surface area contributed by atoms with Crippen molar-refractivity contribution in [1.82, 2.24) is 10.6 Å². The molecule has 1 atom stereocenters. The number of hydrogen-bond donors (Lipinski definition) is 3. The van der Waals surface area contributed by atoms with E-state index in [1.54, 1.807) is 20.8 Å². The number of aryl methyl sites for hydroxylation is 1. The van der Waals surface area contributed by atoms with E-state index in [4.69, 9.17) is 10.5 Å². The molecule has 0 fully saturated rings. The molecule has 1 rings (SSSR count). The maximum atomic E-state index is 12.4. The van der Waals surface area contributed by atoms with Crippen LogP contribution in [0.25, 0.3) is 0 Å². The first-order valence-corrected chi connectivity index (χ1v) is 8.24. The van der Waals surface area contributed by atoms with Crippen LogP contribution in [0.4, 0.5) is 4.79 Å². The van der Waals surface area contributed by atoms with Gasteiger partial charge in [0.05, 0.1) is 0 Å². The van der Waals surface area contributed by atoms with Crippen molar-refractivity contribution in [2.24, 2.45) is 5.73 Å². The minimum absolute atomic E-state index is 0.241. The molecule has 0 aliphatic carbocycles.